The van der Waals surface area contributed by atoms with Crippen LogP contribution in [0.1, 0.15) is 12.0 Å². The fraction of sp³-hybridized carbons (Fsp3) is 0.429. The molecule has 0 saturated heterocycles. The number of carbonyl (C=O) groups is 1. The van der Waals surface area contributed by atoms with Gasteiger partial charge in [-0.15, -0.1) is 0 Å². The Labute approximate surface area is 129 Å². The summed E-state index contributed by atoms with van der Waals surface area (Å²) in [5, 5.41) is 2.73. The van der Waals surface area contributed by atoms with E-state index in [1.807, 2.05) is 0 Å². The Hall–Kier alpha value is -1.86. The van der Waals surface area contributed by atoms with Crippen LogP contribution in [0.5, 0.6) is 11.5 Å². The van der Waals surface area contributed by atoms with Crippen LogP contribution in [0, 0.1) is 0 Å². The van der Waals surface area contributed by atoms with Crippen LogP contribution >= 0.6 is 12.2 Å². The van der Waals surface area contributed by atoms with Gasteiger partial charge in [0.2, 0.25) is 0 Å². The van der Waals surface area contributed by atoms with Crippen molar-refractivity contribution < 1.29 is 19.0 Å². The molecule has 3 N–H and O–H groups in total. The molecule has 0 fully saturated rings. The number of hydrogen-bond acceptors (Lipinski definition) is 5. The third-order valence-corrected chi connectivity index (χ3v) is 2.89. The highest BCUT2D eigenvalue weighted by atomic mass is 32.1. The smallest absolute Gasteiger partial charge is 0.257 e. The van der Waals surface area contributed by atoms with Crippen molar-refractivity contribution in [3.8, 4) is 11.5 Å². The maximum atomic E-state index is 11.6. The van der Waals surface area contributed by atoms with E-state index in [0.29, 0.717) is 30.2 Å². The molecule has 0 spiro atoms. The van der Waals surface area contributed by atoms with Gasteiger partial charge in [0.15, 0.2) is 18.1 Å². The van der Waals surface area contributed by atoms with Crippen LogP contribution in [0.3, 0.4) is 0 Å². The van der Waals surface area contributed by atoms with E-state index in [1.54, 1.807) is 25.3 Å². The molecule has 1 aromatic carbocycles. The second kappa shape index (κ2) is 9.15. The van der Waals surface area contributed by atoms with Crippen molar-refractivity contribution in [2.75, 3.05) is 34.0 Å². The van der Waals surface area contributed by atoms with Crippen molar-refractivity contribution in [3.05, 3.63) is 23.8 Å². The number of rotatable bonds is 9. The highest BCUT2D eigenvalue weighted by molar-refractivity contribution is 7.80. The van der Waals surface area contributed by atoms with E-state index >= 15 is 0 Å². The zero-order chi connectivity index (χ0) is 15.7. The van der Waals surface area contributed by atoms with Gasteiger partial charge in [0.25, 0.3) is 5.91 Å². The zero-order valence-electron chi connectivity index (χ0n) is 12.2. The molecule has 0 radical (unpaired) electrons. The molecule has 0 saturated carbocycles. The van der Waals surface area contributed by atoms with E-state index in [4.69, 9.17) is 32.2 Å². The van der Waals surface area contributed by atoms with Crippen molar-refractivity contribution in [1.29, 1.82) is 0 Å². The summed E-state index contributed by atoms with van der Waals surface area (Å²) in [6, 6.07) is 5.07. The van der Waals surface area contributed by atoms with E-state index in [9.17, 15) is 4.79 Å². The fourth-order valence-electron chi connectivity index (χ4n) is 1.58. The molecule has 1 amide bonds. The topological polar surface area (TPSA) is 82.8 Å². The Morgan fingerprint density at radius 3 is 2.71 bits per heavy atom. The highest BCUT2D eigenvalue weighted by Crippen LogP contribution is 2.27. The molecule has 0 aliphatic rings. The standard InChI is InChI=1S/C14H20N2O4S/c1-18-7-3-6-16-13(17)9-20-11-5-4-10(14(15)21)8-12(11)19-2/h4-5,8H,3,6-7,9H2,1-2H3,(H2,15,21)(H,16,17). The van der Waals surface area contributed by atoms with Gasteiger partial charge in [0, 0.05) is 25.8 Å². The molecule has 0 unspecified atom stereocenters. The second-order valence-corrected chi connectivity index (χ2v) is 4.65. The third kappa shape index (κ3) is 5.97. The van der Waals surface area contributed by atoms with Gasteiger partial charge in [0.1, 0.15) is 4.99 Å². The minimum Gasteiger partial charge on any atom is -0.493 e. The maximum Gasteiger partial charge on any atom is 0.257 e. The summed E-state index contributed by atoms with van der Waals surface area (Å²) in [7, 11) is 3.13. The van der Waals surface area contributed by atoms with Gasteiger partial charge in [-0.1, -0.05) is 12.2 Å². The number of benzene rings is 1. The lowest BCUT2D eigenvalue weighted by atomic mass is 10.2. The summed E-state index contributed by atoms with van der Waals surface area (Å²) in [5.41, 5.74) is 6.23. The number of nitrogens with two attached hydrogens (primary N) is 1. The summed E-state index contributed by atoms with van der Waals surface area (Å²) in [6.45, 7) is 1.07. The first-order chi connectivity index (χ1) is 10.1. The number of amides is 1. The van der Waals surface area contributed by atoms with Crippen LogP contribution in [0.15, 0.2) is 18.2 Å². The number of methoxy groups -OCH3 is 2. The number of nitrogens with one attached hydrogen (secondary N) is 1. The third-order valence-electron chi connectivity index (χ3n) is 2.65. The Bertz CT molecular complexity index is 494. The summed E-state index contributed by atoms with van der Waals surface area (Å²) in [5.74, 6) is 0.739. The van der Waals surface area contributed by atoms with Crippen molar-refractivity contribution in [3.63, 3.8) is 0 Å². The zero-order valence-corrected chi connectivity index (χ0v) is 13.0. The van der Waals surface area contributed by atoms with Crippen LogP contribution in [-0.4, -0.2) is 44.9 Å². The Morgan fingerprint density at radius 2 is 2.10 bits per heavy atom. The highest BCUT2D eigenvalue weighted by Gasteiger charge is 2.09. The first-order valence-electron chi connectivity index (χ1n) is 6.44. The number of hydrogen-bond donors (Lipinski definition) is 2. The molecule has 0 aliphatic carbocycles. The summed E-state index contributed by atoms with van der Waals surface area (Å²) < 4.78 is 15.5. The molecule has 0 aliphatic heterocycles. The Balaban J connectivity index is 2.51. The van der Waals surface area contributed by atoms with Gasteiger partial charge < -0.3 is 25.3 Å². The molecule has 21 heavy (non-hydrogen) atoms. The molecular weight excluding hydrogens is 292 g/mol. The quantitative estimate of drug-likeness (QED) is 0.520. The molecule has 7 heteroatoms. The van der Waals surface area contributed by atoms with Crippen LogP contribution in [0.2, 0.25) is 0 Å². The van der Waals surface area contributed by atoms with E-state index < -0.39 is 0 Å². The molecule has 0 heterocycles. The predicted molar refractivity (Wildman–Crippen MR) is 83.9 cm³/mol. The van der Waals surface area contributed by atoms with Gasteiger partial charge in [-0.3, -0.25) is 4.79 Å². The average molecular weight is 312 g/mol. The molecule has 1 aromatic rings. The summed E-state index contributed by atoms with van der Waals surface area (Å²) in [4.78, 5) is 11.9. The Kier molecular flexibility index (Phi) is 7.49. The van der Waals surface area contributed by atoms with Crippen LogP contribution in [0.4, 0.5) is 0 Å². The van der Waals surface area contributed by atoms with E-state index in [0.717, 1.165) is 6.42 Å². The van der Waals surface area contributed by atoms with Gasteiger partial charge in [-0.05, 0) is 24.6 Å². The fourth-order valence-corrected chi connectivity index (χ4v) is 1.71. The average Bonchev–Trinajstić information content (AvgIpc) is 2.49. The Morgan fingerprint density at radius 1 is 1.33 bits per heavy atom. The molecule has 0 aromatic heterocycles. The van der Waals surface area contributed by atoms with Crippen LogP contribution in [0.25, 0.3) is 0 Å². The molecule has 6 nitrogen and oxygen atoms in total. The molecule has 1 rings (SSSR count). The largest absolute Gasteiger partial charge is 0.493 e. The van der Waals surface area contributed by atoms with E-state index in [1.165, 1.54) is 7.11 Å². The number of carbonyl (C=O) groups excluding carboxylic acids is 1. The lowest BCUT2D eigenvalue weighted by molar-refractivity contribution is -0.123. The lowest BCUT2D eigenvalue weighted by Crippen LogP contribution is -2.30. The van der Waals surface area contributed by atoms with Crippen molar-refractivity contribution in [2.45, 2.75) is 6.42 Å². The van der Waals surface area contributed by atoms with Gasteiger partial charge in [-0.2, -0.15) is 0 Å². The van der Waals surface area contributed by atoms with Crippen molar-refractivity contribution in [1.82, 2.24) is 5.32 Å². The van der Waals surface area contributed by atoms with Gasteiger partial charge >= 0.3 is 0 Å². The first kappa shape index (κ1) is 17.2. The second-order valence-electron chi connectivity index (χ2n) is 4.21. The molecular formula is C14H20N2O4S. The van der Waals surface area contributed by atoms with Crippen LogP contribution < -0.4 is 20.5 Å². The van der Waals surface area contributed by atoms with Crippen LogP contribution in [-0.2, 0) is 9.53 Å². The normalized spacial score (nSPS) is 10.0. The SMILES string of the molecule is COCCCNC(=O)COc1ccc(C(N)=S)cc1OC. The maximum absolute atomic E-state index is 11.6. The van der Waals surface area contributed by atoms with Crippen molar-refractivity contribution in [2.24, 2.45) is 5.73 Å². The van der Waals surface area contributed by atoms with E-state index in [2.05, 4.69) is 5.32 Å². The summed E-state index contributed by atoms with van der Waals surface area (Å²) >= 11 is 4.90. The molecule has 0 atom stereocenters. The number of thiocarbonyl (C=S) groups is 1. The molecule has 116 valence electrons. The predicted octanol–water partition coefficient (Wildman–Crippen LogP) is 0.861. The molecule has 0 bridgehead atoms. The summed E-state index contributed by atoms with van der Waals surface area (Å²) in [6.07, 6.45) is 0.758. The van der Waals surface area contributed by atoms with Gasteiger partial charge in [0.05, 0.1) is 7.11 Å². The minimum atomic E-state index is -0.202. The lowest BCUT2D eigenvalue weighted by Gasteiger charge is -2.12. The monoisotopic (exact) mass is 312 g/mol. The minimum absolute atomic E-state index is 0.0875. The van der Waals surface area contributed by atoms with E-state index in [-0.39, 0.29) is 17.5 Å². The van der Waals surface area contributed by atoms with Crippen molar-refractivity contribution >= 4 is 23.1 Å². The first-order valence-corrected chi connectivity index (χ1v) is 6.85. The number of ether oxygens (including phenoxy) is 3. The van der Waals surface area contributed by atoms with Gasteiger partial charge in [-0.25, -0.2) is 0 Å².